The lowest BCUT2D eigenvalue weighted by Crippen LogP contribution is -2.28. The van der Waals surface area contributed by atoms with Gasteiger partial charge in [0.05, 0.1) is 24.0 Å². The lowest BCUT2D eigenvalue weighted by Gasteiger charge is -2.15. The van der Waals surface area contributed by atoms with Gasteiger partial charge in [0.2, 0.25) is 0 Å². The molecule has 1 aromatic heterocycles. The van der Waals surface area contributed by atoms with E-state index in [-0.39, 0.29) is 0 Å². The molecule has 0 saturated heterocycles. The van der Waals surface area contributed by atoms with Crippen molar-refractivity contribution < 1.29 is 13.2 Å². The summed E-state index contributed by atoms with van der Waals surface area (Å²) in [6.45, 7) is 6.06. The molecule has 0 bridgehead atoms. The third-order valence-corrected chi connectivity index (χ3v) is 6.22. The van der Waals surface area contributed by atoms with Gasteiger partial charge < -0.3 is 4.74 Å². The highest BCUT2D eigenvalue weighted by Gasteiger charge is 2.15. The maximum absolute atomic E-state index is 12.1. The summed E-state index contributed by atoms with van der Waals surface area (Å²) in [6.07, 6.45) is 0. The Labute approximate surface area is 166 Å². The number of methoxy groups -OCH3 is 1. The first-order valence-electron chi connectivity index (χ1n) is 8.89. The summed E-state index contributed by atoms with van der Waals surface area (Å²) in [5, 5.41) is 0.986. The number of fused-ring (bicyclic) bond motifs is 1. The molecule has 0 unspecified atom stereocenters. The van der Waals surface area contributed by atoms with Gasteiger partial charge in [0.25, 0.3) is 0 Å². The molecule has 2 aromatic carbocycles. The van der Waals surface area contributed by atoms with Crippen LogP contribution in [0.1, 0.15) is 16.7 Å². The van der Waals surface area contributed by atoms with E-state index >= 15 is 0 Å². The van der Waals surface area contributed by atoms with Gasteiger partial charge in [-0.1, -0.05) is 6.07 Å². The number of rotatable bonds is 5. The first-order valence-corrected chi connectivity index (χ1v) is 10.3. The van der Waals surface area contributed by atoms with E-state index in [0.29, 0.717) is 5.69 Å². The summed E-state index contributed by atoms with van der Waals surface area (Å²) < 4.78 is 33.3. The molecule has 7 heteroatoms. The van der Waals surface area contributed by atoms with Crippen molar-refractivity contribution in [1.82, 2.24) is 9.29 Å². The topological polar surface area (TPSA) is 71.5 Å². The van der Waals surface area contributed by atoms with Crippen molar-refractivity contribution in [3.8, 4) is 17.0 Å². The van der Waals surface area contributed by atoms with Gasteiger partial charge in [-0.05, 0) is 67.8 Å². The second-order valence-electron chi connectivity index (χ2n) is 7.08. The van der Waals surface area contributed by atoms with Gasteiger partial charge in [-0.15, -0.1) is 0 Å². The predicted octanol–water partition coefficient (Wildman–Crippen LogP) is 4.05. The largest absolute Gasteiger partial charge is 0.496 e. The molecule has 6 nitrogen and oxygen atoms in total. The van der Waals surface area contributed by atoms with Gasteiger partial charge in [-0.25, -0.2) is 4.98 Å². The van der Waals surface area contributed by atoms with Crippen LogP contribution in [0.5, 0.6) is 5.75 Å². The summed E-state index contributed by atoms with van der Waals surface area (Å²) in [6, 6.07) is 11.5. The van der Waals surface area contributed by atoms with Crippen LogP contribution in [0.2, 0.25) is 0 Å². The Kier molecular flexibility index (Phi) is 5.32. The second-order valence-corrected chi connectivity index (χ2v) is 8.97. The number of pyridine rings is 1. The minimum Gasteiger partial charge on any atom is -0.496 e. The van der Waals surface area contributed by atoms with Gasteiger partial charge in [-0.3, -0.25) is 4.72 Å². The minimum absolute atomic E-state index is 0.480. The van der Waals surface area contributed by atoms with Crippen molar-refractivity contribution in [2.75, 3.05) is 25.9 Å². The van der Waals surface area contributed by atoms with E-state index in [1.165, 1.54) is 14.1 Å². The fraction of sp³-hybridized carbons (Fsp3) is 0.286. The van der Waals surface area contributed by atoms with Crippen LogP contribution >= 0.6 is 0 Å². The second kappa shape index (κ2) is 7.41. The van der Waals surface area contributed by atoms with Gasteiger partial charge >= 0.3 is 10.2 Å². The number of hydrogen-bond acceptors (Lipinski definition) is 4. The summed E-state index contributed by atoms with van der Waals surface area (Å²) >= 11 is 0. The van der Waals surface area contributed by atoms with Crippen molar-refractivity contribution >= 4 is 26.8 Å². The molecule has 0 aliphatic rings. The van der Waals surface area contributed by atoms with Crippen molar-refractivity contribution in [2.45, 2.75) is 20.8 Å². The van der Waals surface area contributed by atoms with Crippen LogP contribution in [-0.2, 0) is 10.2 Å². The van der Waals surface area contributed by atoms with Crippen LogP contribution in [-0.4, -0.2) is 38.9 Å². The van der Waals surface area contributed by atoms with Gasteiger partial charge in [0.1, 0.15) is 5.75 Å². The number of nitrogens with one attached hydrogen (secondary N) is 1. The molecule has 0 aliphatic carbocycles. The van der Waals surface area contributed by atoms with Crippen molar-refractivity contribution in [2.24, 2.45) is 0 Å². The predicted molar refractivity (Wildman–Crippen MR) is 114 cm³/mol. The van der Waals surface area contributed by atoms with Crippen molar-refractivity contribution in [3.05, 3.63) is 53.1 Å². The van der Waals surface area contributed by atoms with Crippen LogP contribution in [0.25, 0.3) is 22.2 Å². The van der Waals surface area contributed by atoms with E-state index in [0.717, 1.165) is 48.9 Å². The summed E-state index contributed by atoms with van der Waals surface area (Å²) in [7, 11) is 1.06. The molecule has 0 atom stereocenters. The standard InChI is InChI=1S/C21H25N3O3S/c1-13-10-19(18-9-15(3)21(27-6)11-14(18)2)22-20-12-16(7-8-17(13)20)23-28(25,26)24(4)5/h7-12,23H,1-6H3. The molecule has 0 saturated carbocycles. The highest BCUT2D eigenvalue weighted by molar-refractivity contribution is 7.90. The lowest BCUT2D eigenvalue weighted by molar-refractivity contribution is 0.411. The molecule has 1 heterocycles. The summed E-state index contributed by atoms with van der Waals surface area (Å²) in [4.78, 5) is 4.81. The molecule has 0 amide bonds. The Hall–Kier alpha value is -2.64. The smallest absolute Gasteiger partial charge is 0.301 e. The van der Waals surface area contributed by atoms with E-state index in [1.807, 2.05) is 32.9 Å². The Bertz CT molecular complexity index is 1160. The molecule has 1 N–H and O–H groups in total. The maximum atomic E-state index is 12.1. The molecule has 0 fully saturated rings. The average Bonchev–Trinajstić information content (AvgIpc) is 2.62. The zero-order valence-corrected chi connectivity index (χ0v) is 17.8. The summed E-state index contributed by atoms with van der Waals surface area (Å²) in [5.41, 5.74) is 6.28. The Morgan fingerprint density at radius 3 is 2.32 bits per heavy atom. The Morgan fingerprint density at radius 1 is 0.964 bits per heavy atom. The number of hydrogen-bond donors (Lipinski definition) is 1. The SMILES string of the molecule is COc1cc(C)c(-c2cc(C)c3ccc(NS(=O)(=O)N(C)C)cc3n2)cc1C. The fourth-order valence-corrected chi connectivity index (χ4v) is 3.74. The third-order valence-electron chi connectivity index (χ3n) is 4.76. The molecular weight excluding hydrogens is 374 g/mol. The number of aryl methyl sites for hydroxylation is 3. The number of nitrogens with zero attached hydrogens (tertiary/aromatic N) is 2. The average molecular weight is 400 g/mol. The molecule has 0 radical (unpaired) electrons. The summed E-state index contributed by atoms with van der Waals surface area (Å²) in [5.74, 6) is 0.846. The van der Waals surface area contributed by atoms with Crippen LogP contribution in [0.3, 0.4) is 0 Å². The Morgan fingerprint density at radius 2 is 1.68 bits per heavy atom. The maximum Gasteiger partial charge on any atom is 0.301 e. The number of aromatic nitrogens is 1. The van der Waals surface area contributed by atoms with Crippen LogP contribution < -0.4 is 9.46 Å². The Balaban J connectivity index is 2.13. The van der Waals surface area contributed by atoms with Crippen molar-refractivity contribution in [1.29, 1.82) is 0 Å². The first-order chi connectivity index (χ1) is 13.1. The van der Waals surface area contributed by atoms with E-state index < -0.39 is 10.2 Å². The van der Waals surface area contributed by atoms with E-state index in [1.54, 1.807) is 19.2 Å². The fourth-order valence-electron chi connectivity index (χ4n) is 3.13. The highest BCUT2D eigenvalue weighted by Crippen LogP contribution is 2.32. The number of benzene rings is 2. The van der Waals surface area contributed by atoms with E-state index in [9.17, 15) is 8.42 Å². The highest BCUT2D eigenvalue weighted by atomic mass is 32.2. The molecule has 3 rings (SSSR count). The lowest BCUT2D eigenvalue weighted by atomic mass is 9.99. The first kappa shape index (κ1) is 20.1. The van der Waals surface area contributed by atoms with Crippen LogP contribution in [0, 0.1) is 20.8 Å². The third kappa shape index (κ3) is 3.81. The molecular formula is C21H25N3O3S. The quantitative estimate of drug-likeness (QED) is 0.702. The van der Waals surface area contributed by atoms with Crippen molar-refractivity contribution in [3.63, 3.8) is 0 Å². The molecule has 0 aliphatic heterocycles. The normalized spacial score (nSPS) is 11.8. The molecule has 3 aromatic rings. The zero-order chi connectivity index (χ0) is 20.6. The molecule has 148 valence electrons. The van der Waals surface area contributed by atoms with Gasteiger partial charge in [0, 0.05) is 25.0 Å². The number of ether oxygens (including phenoxy) is 1. The van der Waals surface area contributed by atoms with E-state index in [4.69, 9.17) is 9.72 Å². The van der Waals surface area contributed by atoms with E-state index in [2.05, 4.69) is 16.9 Å². The van der Waals surface area contributed by atoms with Gasteiger partial charge in [0.15, 0.2) is 0 Å². The van der Waals surface area contributed by atoms with Crippen LogP contribution in [0.4, 0.5) is 5.69 Å². The number of anilines is 1. The zero-order valence-electron chi connectivity index (χ0n) is 17.0. The monoisotopic (exact) mass is 399 g/mol. The molecule has 0 spiro atoms. The minimum atomic E-state index is -3.57. The van der Waals surface area contributed by atoms with Gasteiger partial charge in [-0.2, -0.15) is 12.7 Å². The molecule has 28 heavy (non-hydrogen) atoms. The van der Waals surface area contributed by atoms with Crippen LogP contribution in [0.15, 0.2) is 36.4 Å².